The lowest BCUT2D eigenvalue weighted by Crippen LogP contribution is -2.30. The molecule has 0 radical (unpaired) electrons. The molecule has 1 unspecified atom stereocenters. The van der Waals surface area contributed by atoms with Gasteiger partial charge in [0.1, 0.15) is 5.75 Å². The number of hydrogen-bond acceptors (Lipinski definition) is 3. The number of nitrogens with one attached hydrogen (secondary N) is 1. The fraction of sp³-hybridized carbons (Fsp3) is 0.235. The van der Waals surface area contributed by atoms with Crippen molar-refractivity contribution in [1.29, 1.82) is 0 Å². The molecule has 0 aliphatic carbocycles. The van der Waals surface area contributed by atoms with Crippen molar-refractivity contribution >= 4 is 5.91 Å². The van der Waals surface area contributed by atoms with Crippen molar-refractivity contribution in [3.8, 4) is 5.75 Å². The van der Waals surface area contributed by atoms with Crippen LogP contribution in [0.25, 0.3) is 0 Å². The zero-order valence-electron chi connectivity index (χ0n) is 12.0. The minimum absolute atomic E-state index is 0.385. The van der Waals surface area contributed by atoms with Crippen LogP contribution in [0.15, 0.2) is 54.6 Å². The second-order valence-corrected chi connectivity index (χ2v) is 4.71. The first kappa shape index (κ1) is 15.1. The minimum Gasteiger partial charge on any atom is -0.497 e. The molecule has 0 bridgehead atoms. The summed E-state index contributed by atoms with van der Waals surface area (Å²) in [4.78, 5) is 11.9. The average Bonchev–Trinajstić information content (AvgIpc) is 2.55. The van der Waals surface area contributed by atoms with Crippen LogP contribution in [-0.2, 0) is 11.2 Å². The van der Waals surface area contributed by atoms with Crippen LogP contribution in [0, 0.1) is 0 Å². The van der Waals surface area contributed by atoms with E-state index in [1.807, 2.05) is 30.3 Å². The molecule has 21 heavy (non-hydrogen) atoms. The number of amides is 1. The van der Waals surface area contributed by atoms with Crippen LogP contribution in [0.3, 0.4) is 0 Å². The van der Waals surface area contributed by atoms with Gasteiger partial charge in [0.25, 0.3) is 5.91 Å². The van der Waals surface area contributed by atoms with E-state index < -0.39 is 6.10 Å². The Morgan fingerprint density at radius 2 is 1.95 bits per heavy atom. The van der Waals surface area contributed by atoms with Crippen LogP contribution >= 0.6 is 0 Å². The van der Waals surface area contributed by atoms with Crippen molar-refractivity contribution in [3.05, 3.63) is 65.7 Å². The Balaban J connectivity index is 1.84. The van der Waals surface area contributed by atoms with Gasteiger partial charge in [0, 0.05) is 6.54 Å². The zero-order valence-corrected chi connectivity index (χ0v) is 12.0. The van der Waals surface area contributed by atoms with Crippen LogP contribution in [0.2, 0.25) is 0 Å². The molecule has 0 saturated heterocycles. The van der Waals surface area contributed by atoms with Gasteiger partial charge in [0.05, 0.1) is 7.11 Å². The largest absolute Gasteiger partial charge is 0.497 e. The van der Waals surface area contributed by atoms with Crippen molar-refractivity contribution in [2.75, 3.05) is 13.7 Å². The van der Waals surface area contributed by atoms with Crippen molar-refractivity contribution < 1.29 is 14.6 Å². The molecule has 110 valence electrons. The Morgan fingerprint density at radius 1 is 1.19 bits per heavy atom. The maximum Gasteiger partial charge on any atom is 0.253 e. The van der Waals surface area contributed by atoms with Crippen LogP contribution in [0.4, 0.5) is 0 Å². The molecule has 4 heteroatoms. The number of hydrogen-bond donors (Lipinski definition) is 2. The molecule has 0 heterocycles. The Bertz CT molecular complexity index is 584. The molecular weight excluding hydrogens is 266 g/mol. The Labute approximate surface area is 124 Å². The summed E-state index contributed by atoms with van der Waals surface area (Å²) in [5.41, 5.74) is 1.67. The Morgan fingerprint density at radius 3 is 2.67 bits per heavy atom. The molecule has 0 saturated carbocycles. The molecule has 0 aromatic heterocycles. The van der Waals surface area contributed by atoms with Gasteiger partial charge in [-0.2, -0.15) is 0 Å². The van der Waals surface area contributed by atoms with Crippen LogP contribution < -0.4 is 10.1 Å². The van der Waals surface area contributed by atoms with Gasteiger partial charge in [-0.3, -0.25) is 4.79 Å². The van der Waals surface area contributed by atoms with Gasteiger partial charge in [-0.15, -0.1) is 0 Å². The third kappa shape index (κ3) is 4.33. The Kier molecular flexibility index (Phi) is 5.35. The highest BCUT2D eigenvalue weighted by Crippen LogP contribution is 2.13. The van der Waals surface area contributed by atoms with Crippen molar-refractivity contribution in [2.24, 2.45) is 0 Å². The fourth-order valence-electron chi connectivity index (χ4n) is 2.04. The van der Waals surface area contributed by atoms with E-state index in [0.29, 0.717) is 18.5 Å². The van der Waals surface area contributed by atoms with E-state index in [4.69, 9.17) is 4.74 Å². The average molecular weight is 285 g/mol. The normalized spacial score (nSPS) is 11.7. The van der Waals surface area contributed by atoms with Gasteiger partial charge in [-0.25, -0.2) is 0 Å². The van der Waals surface area contributed by atoms with E-state index >= 15 is 0 Å². The van der Waals surface area contributed by atoms with Crippen molar-refractivity contribution in [1.82, 2.24) is 5.32 Å². The van der Waals surface area contributed by atoms with Gasteiger partial charge in [-0.05, 0) is 29.7 Å². The number of aliphatic hydroxyl groups is 1. The summed E-state index contributed by atoms with van der Waals surface area (Å²) in [6, 6.07) is 16.6. The standard InChI is InChI=1S/C17H19NO3/c1-21-15-9-5-6-13(12-15)10-11-18-17(20)16(19)14-7-3-2-4-8-14/h2-9,12,16,19H,10-11H2,1H3,(H,18,20). The molecule has 2 aromatic carbocycles. The lowest BCUT2D eigenvalue weighted by molar-refractivity contribution is -0.129. The fourth-order valence-corrected chi connectivity index (χ4v) is 2.04. The number of aliphatic hydroxyl groups excluding tert-OH is 1. The monoisotopic (exact) mass is 285 g/mol. The molecule has 0 aliphatic rings. The molecule has 0 aliphatic heterocycles. The summed E-state index contributed by atoms with van der Waals surface area (Å²) < 4.78 is 5.15. The SMILES string of the molecule is COc1cccc(CCNC(=O)C(O)c2ccccc2)c1. The van der Waals surface area contributed by atoms with Gasteiger partial charge in [-0.1, -0.05) is 42.5 Å². The quantitative estimate of drug-likeness (QED) is 0.854. The van der Waals surface area contributed by atoms with Gasteiger partial charge in [0.15, 0.2) is 6.10 Å². The number of carbonyl (C=O) groups excluding carboxylic acids is 1. The molecule has 0 spiro atoms. The van der Waals surface area contributed by atoms with Gasteiger partial charge in [0.2, 0.25) is 0 Å². The Hall–Kier alpha value is -2.33. The van der Waals surface area contributed by atoms with E-state index in [1.54, 1.807) is 31.4 Å². The van der Waals surface area contributed by atoms with Crippen molar-refractivity contribution in [3.63, 3.8) is 0 Å². The smallest absolute Gasteiger partial charge is 0.253 e. The third-order valence-electron chi connectivity index (χ3n) is 3.21. The van der Waals surface area contributed by atoms with E-state index in [1.165, 1.54) is 0 Å². The highest BCUT2D eigenvalue weighted by molar-refractivity contribution is 5.81. The van der Waals surface area contributed by atoms with Crippen molar-refractivity contribution in [2.45, 2.75) is 12.5 Å². The lowest BCUT2D eigenvalue weighted by atomic mass is 10.1. The molecule has 4 nitrogen and oxygen atoms in total. The van der Waals surface area contributed by atoms with Gasteiger partial charge >= 0.3 is 0 Å². The van der Waals surface area contributed by atoms with E-state index in [-0.39, 0.29) is 5.91 Å². The number of rotatable bonds is 6. The van der Waals surface area contributed by atoms with E-state index in [9.17, 15) is 9.90 Å². The number of carbonyl (C=O) groups is 1. The van der Waals surface area contributed by atoms with Crippen LogP contribution in [0.1, 0.15) is 17.2 Å². The molecule has 2 N–H and O–H groups in total. The highest BCUT2D eigenvalue weighted by atomic mass is 16.5. The second-order valence-electron chi connectivity index (χ2n) is 4.71. The third-order valence-corrected chi connectivity index (χ3v) is 3.21. The summed E-state index contributed by atoms with van der Waals surface area (Å²) in [6.45, 7) is 0.468. The predicted molar refractivity (Wildman–Crippen MR) is 81.1 cm³/mol. The molecule has 2 rings (SSSR count). The molecule has 1 amide bonds. The maximum absolute atomic E-state index is 11.9. The second kappa shape index (κ2) is 7.45. The first-order valence-corrected chi connectivity index (χ1v) is 6.84. The van der Waals surface area contributed by atoms with Crippen LogP contribution in [-0.4, -0.2) is 24.7 Å². The first-order chi connectivity index (χ1) is 10.2. The summed E-state index contributed by atoms with van der Waals surface area (Å²) >= 11 is 0. The number of methoxy groups -OCH3 is 1. The summed E-state index contributed by atoms with van der Waals surface area (Å²) in [5, 5.41) is 12.7. The zero-order chi connectivity index (χ0) is 15.1. The summed E-state index contributed by atoms with van der Waals surface area (Å²) in [5.74, 6) is 0.409. The molecule has 1 atom stereocenters. The predicted octanol–water partition coefficient (Wildman–Crippen LogP) is 2.09. The lowest BCUT2D eigenvalue weighted by Gasteiger charge is -2.11. The number of ether oxygens (including phenoxy) is 1. The highest BCUT2D eigenvalue weighted by Gasteiger charge is 2.15. The summed E-state index contributed by atoms with van der Waals surface area (Å²) in [7, 11) is 1.62. The molecule has 0 fully saturated rings. The maximum atomic E-state index is 11.9. The summed E-state index contributed by atoms with van der Waals surface area (Å²) in [6.07, 6.45) is -0.443. The van der Waals surface area contributed by atoms with E-state index in [0.717, 1.165) is 11.3 Å². The number of benzene rings is 2. The van der Waals surface area contributed by atoms with Crippen LogP contribution in [0.5, 0.6) is 5.75 Å². The van der Waals surface area contributed by atoms with Gasteiger partial charge < -0.3 is 15.2 Å². The first-order valence-electron chi connectivity index (χ1n) is 6.84. The molecule has 2 aromatic rings. The molecular formula is C17H19NO3. The minimum atomic E-state index is -1.13. The topological polar surface area (TPSA) is 58.6 Å². The van der Waals surface area contributed by atoms with E-state index in [2.05, 4.69) is 5.32 Å².